The molecular formula is C13H29N. The summed E-state index contributed by atoms with van der Waals surface area (Å²) >= 11 is 0. The van der Waals surface area contributed by atoms with Crippen molar-refractivity contribution in [1.29, 1.82) is 0 Å². The van der Waals surface area contributed by atoms with E-state index in [2.05, 4.69) is 39.9 Å². The maximum atomic E-state index is 3.68. The van der Waals surface area contributed by atoms with Crippen molar-refractivity contribution < 1.29 is 0 Å². The first-order valence-corrected chi connectivity index (χ1v) is 6.35. The first-order chi connectivity index (χ1) is 6.61. The number of hydrogen-bond donors (Lipinski definition) is 1. The topological polar surface area (TPSA) is 12.0 Å². The van der Waals surface area contributed by atoms with Gasteiger partial charge < -0.3 is 5.32 Å². The Morgan fingerprint density at radius 1 is 1.00 bits per heavy atom. The van der Waals surface area contributed by atoms with Crippen molar-refractivity contribution in [3.05, 3.63) is 0 Å². The molecule has 1 N–H and O–H groups in total. The first kappa shape index (κ1) is 14.0. The van der Waals surface area contributed by atoms with E-state index in [1.165, 1.54) is 32.2 Å². The molecule has 0 spiro atoms. The van der Waals surface area contributed by atoms with Gasteiger partial charge in [0.25, 0.3) is 0 Å². The van der Waals surface area contributed by atoms with Gasteiger partial charge in [0.15, 0.2) is 0 Å². The van der Waals surface area contributed by atoms with Crippen LogP contribution in [-0.2, 0) is 0 Å². The predicted molar refractivity (Wildman–Crippen MR) is 65.6 cm³/mol. The summed E-state index contributed by atoms with van der Waals surface area (Å²) in [5.41, 5.74) is 0. The fraction of sp³-hybridized carbons (Fsp3) is 1.00. The van der Waals surface area contributed by atoms with Gasteiger partial charge in [0, 0.05) is 6.04 Å². The second-order valence-corrected chi connectivity index (χ2v) is 4.92. The quantitative estimate of drug-likeness (QED) is 0.626. The summed E-state index contributed by atoms with van der Waals surface area (Å²) in [6.45, 7) is 12.7. The van der Waals surface area contributed by atoms with E-state index in [1.807, 2.05) is 0 Å². The third-order valence-corrected chi connectivity index (χ3v) is 3.04. The highest BCUT2D eigenvalue weighted by molar-refractivity contribution is 4.72. The van der Waals surface area contributed by atoms with Crippen LogP contribution in [0.25, 0.3) is 0 Å². The van der Waals surface area contributed by atoms with Crippen molar-refractivity contribution in [3.8, 4) is 0 Å². The molecule has 14 heavy (non-hydrogen) atoms. The van der Waals surface area contributed by atoms with Gasteiger partial charge in [-0.25, -0.2) is 0 Å². The molecule has 1 nitrogen and oxygen atoms in total. The Bertz CT molecular complexity index is 120. The van der Waals surface area contributed by atoms with E-state index < -0.39 is 0 Å². The molecule has 0 aromatic carbocycles. The van der Waals surface area contributed by atoms with Crippen LogP contribution in [0.5, 0.6) is 0 Å². The van der Waals surface area contributed by atoms with E-state index >= 15 is 0 Å². The van der Waals surface area contributed by atoms with Crippen LogP contribution >= 0.6 is 0 Å². The van der Waals surface area contributed by atoms with E-state index in [0.29, 0.717) is 0 Å². The number of rotatable bonds is 8. The fourth-order valence-electron chi connectivity index (χ4n) is 1.71. The average molecular weight is 199 g/mol. The van der Waals surface area contributed by atoms with E-state index in [-0.39, 0.29) is 0 Å². The fourth-order valence-corrected chi connectivity index (χ4v) is 1.71. The van der Waals surface area contributed by atoms with Crippen LogP contribution in [0.1, 0.15) is 60.3 Å². The zero-order valence-electron chi connectivity index (χ0n) is 10.8. The Labute approximate surface area is 90.7 Å². The largest absolute Gasteiger partial charge is 0.314 e. The molecule has 0 aliphatic heterocycles. The molecule has 0 fully saturated rings. The van der Waals surface area contributed by atoms with E-state index in [4.69, 9.17) is 0 Å². The molecule has 86 valence electrons. The van der Waals surface area contributed by atoms with Crippen LogP contribution < -0.4 is 5.32 Å². The van der Waals surface area contributed by atoms with Crippen molar-refractivity contribution >= 4 is 0 Å². The lowest BCUT2D eigenvalue weighted by Gasteiger charge is -2.25. The van der Waals surface area contributed by atoms with E-state index in [9.17, 15) is 0 Å². The van der Waals surface area contributed by atoms with Gasteiger partial charge in [0.2, 0.25) is 0 Å². The molecular weight excluding hydrogens is 170 g/mol. The van der Waals surface area contributed by atoms with Crippen LogP contribution in [0.3, 0.4) is 0 Å². The Morgan fingerprint density at radius 2 is 1.64 bits per heavy atom. The van der Waals surface area contributed by atoms with Crippen LogP contribution in [0.4, 0.5) is 0 Å². The average Bonchev–Trinajstić information content (AvgIpc) is 2.16. The molecule has 2 atom stereocenters. The summed E-state index contributed by atoms with van der Waals surface area (Å²) in [5.74, 6) is 1.66. The lowest BCUT2D eigenvalue weighted by Crippen LogP contribution is -2.35. The highest BCUT2D eigenvalue weighted by Crippen LogP contribution is 2.15. The van der Waals surface area contributed by atoms with Gasteiger partial charge in [-0.1, -0.05) is 41.0 Å². The third kappa shape index (κ3) is 6.42. The molecule has 0 saturated carbocycles. The van der Waals surface area contributed by atoms with E-state index in [0.717, 1.165) is 17.9 Å². The van der Waals surface area contributed by atoms with Gasteiger partial charge in [0.1, 0.15) is 0 Å². The Balaban J connectivity index is 3.84. The molecule has 2 unspecified atom stereocenters. The molecule has 0 radical (unpaired) electrons. The highest BCUT2D eigenvalue weighted by atomic mass is 14.9. The molecule has 0 aromatic heterocycles. The normalized spacial score (nSPS) is 15.9. The van der Waals surface area contributed by atoms with Crippen LogP contribution in [0.2, 0.25) is 0 Å². The van der Waals surface area contributed by atoms with Crippen LogP contribution in [0.15, 0.2) is 0 Å². The van der Waals surface area contributed by atoms with E-state index in [1.54, 1.807) is 0 Å². The third-order valence-electron chi connectivity index (χ3n) is 3.04. The van der Waals surface area contributed by atoms with Crippen molar-refractivity contribution in [3.63, 3.8) is 0 Å². The lowest BCUT2D eigenvalue weighted by atomic mass is 9.92. The van der Waals surface area contributed by atoms with Gasteiger partial charge in [-0.3, -0.25) is 0 Å². The summed E-state index contributed by atoms with van der Waals surface area (Å²) in [5, 5.41) is 3.68. The molecule has 0 saturated heterocycles. The summed E-state index contributed by atoms with van der Waals surface area (Å²) in [6, 6.07) is 0.738. The van der Waals surface area contributed by atoms with Crippen molar-refractivity contribution in [2.24, 2.45) is 11.8 Å². The smallest absolute Gasteiger partial charge is 0.00926 e. The second kappa shape index (κ2) is 8.28. The molecule has 0 rings (SSSR count). The molecule has 1 heteroatoms. The standard InChI is InChI=1S/C13H29N/c1-6-10-14-13(12(5)7-2)9-8-11(3)4/h11-14H,6-10H2,1-5H3. The minimum Gasteiger partial charge on any atom is -0.314 e. The van der Waals surface area contributed by atoms with Crippen LogP contribution in [0, 0.1) is 11.8 Å². The molecule has 0 aliphatic carbocycles. The Kier molecular flexibility index (Phi) is 8.26. The van der Waals surface area contributed by atoms with Gasteiger partial charge >= 0.3 is 0 Å². The Morgan fingerprint density at radius 3 is 2.07 bits per heavy atom. The molecule has 0 heterocycles. The summed E-state index contributed by atoms with van der Waals surface area (Å²) in [6.07, 6.45) is 5.23. The number of hydrogen-bond acceptors (Lipinski definition) is 1. The zero-order valence-corrected chi connectivity index (χ0v) is 10.8. The van der Waals surface area contributed by atoms with Crippen LogP contribution in [-0.4, -0.2) is 12.6 Å². The van der Waals surface area contributed by atoms with Gasteiger partial charge in [0.05, 0.1) is 0 Å². The van der Waals surface area contributed by atoms with Gasteiger partial charge in [-0.05, 0) is 37.6 Å². The molecule has 0 amide bonds. The Hall–Kier alpha value is -0.0400. The summed E-state index contributed by atoms with van der Waals surface area (Å²) in [4.78, 5) is 0. The second-order valence-electron chi connectivity index (χ2n) is 4.92. The summed E-state index contributed by atoms with van der Waals surface area (Å²) in [7, 11) is 0. The molecule has 0 aliphatic rings. The minimum absolute atomic E-state index is 0.738. The zero-order chi connectivity index (χ0) is 11.0. The minimum atomic E-state index is 0.738. The van der Waals surface area contributed by atoms with Crippen molar-refractivity contribution in [1.82, 2.24) is 5.32 Å². The van der Waals surface area contributed by atoms with Gasteiger partial charge in [-0.15, -0.1) is 0 Å². The van der Waals surface area contributed by atoms with Crippen molar-refractivity contribution in [2.75, 3.05) is 6.54 Å². The van der Waals surface area contributed by atoms with Gasteiger partial charge in [-0.2, -0.15) is 0 Å². The first-order valence-electron chi connectivity index (χ1n) is 6.35. The predicted octanol–water partition coefficient (Wildman–Crippen LogP) is 3.84. The maximum absolute atomic E-state index is 3.68. The number of nitrogens with one attached hydrogen (secondary N) is 1. The SMILES string of the molecule is CCCNC(CCC(C)C)C(C)CC. The highest BCUT2D eigenvalue weighted by Gasteiger charge is 2.14. The summed E-state index contributed by atoms with van der Waals surface area (Å²) < 4.78 is 0. The maximum Gasteiger partial charge on any atom is 0.00926 e. The lowest BCUT2D eigenvalue weighted by molar-refractivity contribution is 0.327. The molecule has 0 bridgehead atoms. The van der Waals surface area contributed by atoms with Crippen molar-refractivity contribution in [2.45, 2.75) is 66.3 Å². The monoisotopic (exact) mass is 199 g/mol. The molecule has 0 aromatic rings.